The maximum Gasteiger partial charge on any atom is 0.341 e. The van der Waals surface area contributed by atoms with Gasteiger partial charge in [-0.1, -0.05) is 13.8 Å². The number of hydrogen-bond acceptors (Lipinski definition) is 5. The van der Waals surface area contributed by atoms with Crippen molar-refractivity contribution in [2.75, 3.05) is 20.8 Å². The Labute approximate surface area is 106 Å². The highest BCUT2D eigenvalue weighted by atomic mass is 16.5. The van der Waals surface area contributed by atoms with E-state index >= 15 is 0 Å². The Balaban J connectivity index is 3.45. The standard InChI is InChI=1S/C13H18O5/c1-13(2,7-14)9-5-8(12(16)18-4)10(15)6-11(9)17-3/h5-6,14-15H,7H2,1-4H3. The zero-order chi connectivity index (χ0) is 13.9. The number of phenols is 1. The van der Waals surface area contributed by atoms with Gasteiger partial charge >= 0.3 is 5.97 Å². The molecule has 0 aliphatic carbocycles. The number of hydrogen-bond donors (Lipinski definition) is 2. The molecule has 1 aromatic rings. The molecule has 2 N–H and O–H groups in total. The third-order valence-corrected chi connectivity index (χ3v) is 2.85. The number of rotatable bonds is 4. The van der Waals surface area contributed by atoms with Crippen molar-refractivity contribution in [3.8, 4) is 11.5 Å². The average Bonchev–Trinajstić information content (AvgIpc) is 2.37. The predicted octanol–water partition coefficient (Wildman–Crippen LogP) is 1.46. The van der Waals surface area contributed by atoms with Crippen LogP contribution < -0.4 is 4.74 Å². The molecule has 0 radical (unpaired) electrons. The van der Waals surface area contributed by atoms with Gasteiger partial charge in [0.25, 0.3) is 0 Å². The van der Waals surface area contributed by atoms with Gasteiger partial charge in [0.1, 0.15) is 17.1 Å². The largest absolute Gasteiger partial charge is 0.507 e. The van der Waals surface area contributed by atoms with Crippen molar-refractivity contribution in [3.63, 3.8) is 0 Å². The fourth-order valence-corrected chi connectivity index (χ4v) is 1.63. The molecule has 1 rings (SSSR count). The molecule has 0 bridgehead atoms. The van der Waals surface area contributed by atoms with E-state index in [4.69, 9.17) is 4.74 Å². The van der Waals surface area contributed by atoms with Crippen molar-refractivity contribution in [2.24, 2.45) is 0 Å². The van der Waals surface area contributed by atoms with Crippen molar-refractivity contribution in [2.45, 2.75) is 19.3 Å². The summed E-state index contributed by atoms with van der Waals surface area (Å²) in [5.41, 5.74) is 0.0856. The molecule has 0 saturated heterocycles. The Bertz CT molecular complexity index is 451. The molecule has 0 spiro atoms. The van der Waals surface area contributed by atoms with E-state index in [1.54, 1.807) is 0 Å². The zero-order valence-electron chi connectivity index (χ0n) is 11.0. The van der Waals surface area contributed by atoms with Gasteiger partial charge in [0.2, 0.25) is 0 Å². The third kappa shape index (κ3) is 2.56. The number of ether oxygens (including phenoxy) is 2. The summed E-state index contributed by atoms with van der Waals surface area (Å²) in [7, 11) is 2.70. The quantitative estimate of drug-likeness (QED) is 0.795. The monoisotopic (exact) mass is 254 g/mol. The Morgan fingerprint density at radius 2 is 1.94 bits per heavy atom. The minimum atomic E-state index is -0.634. The van der Waals surface area contributed by atoms with Crippen LogP contribution >= 0.6 is 0 Å². The van der Waals surface area contributed by atoms with E-state index in [9.17, 15) is 15.0 Å². The molecule has 0 heterocycles. The fraction of sp³-hybridized carbons (Fsp3) is 0.462. The topological polar surface area (TPSA) is 76.0 Å². The highest BCUT2D eigenvalue weighted by Crippen LogP contribution is 2.36. The van der Waals surface area contributed by atoms with Crippen molar-refractivity contribution in [1.29, 1.82) is 0 Å². The molecule has 0 atom stereocenters. The van der Waals surface area contributed by atoms with E-state index in [1.165, 1.54) is 26.4 Å². The van der Waals surface area contributed by atoms with Crippen LogP contribution in [0.15, 0.2) is 12.1 Å². The van der Waals surface area contributed by atoms with Crippen LogP contribution in [0.2, 0.25) is 0 Å². The number of phenolic OH excluding ortho intramolecular Hbond substituents is 1. The molecule has 0 aromatic heterocycles. The zero-order valence-corrected chi connectivity index (χ0v) is 11.0. The Morgan fingerprint density at radius 1 is 1.33 bits per heavy atom. The van der Waals surface area contributed by atoms with E-state index in [1.807, 2.05) is 13.8 Å². The molecular formula is C13H18O5. The molecular weight excluding hydrogens is 236 g/mol. The molecule has 0 fully saturated rings. The van der Waals surface area contributed by atoms with Gasteiger partial charge in [-0.25, -0.2) is 4.79 Å². The van der Waals surface area contributed by atoms with Crippen LogP contribution in [0.25, 0.3) is 0 Å². The predicted molar refractivity (Wildman–Crippen MR) is 66.1 cm³/mol. The normalized spacial score (nSPS) is 11.2. The molecule has 100 valence electrons. The van der Waals surface area contributed by atoms with Gasteiger partial charge in [0.15, 0.2) is 0 Å². The highest BCUT2D eigenvalue weighted by Gasteiger charge is 2.27. The summed E-state index contributed by atoms with van der Waals surface area (Å²) in [5, 5.41) is 19.1. The van der Waals surface area contributed by atoms with Crippen LogP contribution in [0, 0.1) is 0 Å². The molecule has 5 nitrogen and oxygen atoms in total. The first-order chi connectivity index (χ1) is 8.37. The second-order valence-corrected chi connectivity index (χ2v) is 4.60. The lowest BCUT2D eigenvalue weighted by molar-refractivity contribution is 0.0597. The average molecular weight is 254 g/mol. The number of carbonyl (C=O) groups excluding carboxylic acids is 1. The first-order valence-corrected chi connectivity index (χ1v) is 5.48. The summed E-state index contributed by atoms with van der Waals surface area (Å²) < 4.78 is 9.75. The molecule has 18 heavy (non-hydrogen) atoms. The number of aliphatic hydroxyl groups is 1. The van der Waals surface area contributed by atoms with Gasteiger partial charge in [0, 0.05) is 17.0 Å². The smallest absolute Gasteiger partial charge is 0.341 e. The first-order valence-electron chi connectivity index (χ1n) is 5.48. The van der Waals surface area contributed by atoms with Gasteiger partial charge in [-0.2, -0.15) is 0 Å². The first kappa shape index (κ1) is 14.3. The summed E-state index contributed by atoms with van der Waals surface area (Å²) >= 11 is 0. The second kappa shape index (κ2) is 5.27. The molecule has 5 heteroatoms. The van der Waals surface area contributed by atoms with Crippen LogP contribution in [0.1, 0.15) is 29.8 Å². The van der Waals surface area contributed by atoms with E-state index in [-0.39, 0.29) is 17.9 Å². The summed E-state index contributed by atoms with van der Waals surface area (Å²) in [6, 6.07) is 2.83. The highest BCUT2D eigenvalue weighted by molar-refractivity contribution is 5.93. The third-order valence-electron chi connectivity index (χ3n) is 2.85. The maximum absolute atomic E-state index is 11.5. The molecule has 0 amide bonds. The molecule has 0 unspecified atom stereocenters. The van der Waals surface area contributed by atoms with Gasteiger partial charge in [-0.05, 0) is 6.07 Å². The summed E-state index contributed by atoms with van der Waals surface area (Å²) in [6.45, 7) is 3.50. The van der Waals surface area contributed by atoms with E-state index < -0.39 is 11.4 Å². The second-order valence-electron chi connectivity index (χ2n) is 4.60. The van der Waals surface area contributed by atoms with Crippen molar-refractivity contribution in [3.05, 3.63) is 23.3 Å². The number of aliphatic hydroxyl groups excluding tert-OH is 1. The number of aromatic hydroxyl groups is 1. The summed E-state index contributed by atoms with van der Waals surface area (Å²) in [5.74, 6) is -0.430. The van der Waals surface area contributed by atoms with Crippen molar-refractivity contribution in [1.82, 2.24) is 0 Å². The van der Waals surface area contributed by atoms with Crippen molar-refractivity contribution >= 4 is 5.97 Å². The number of carbonyl (C=O) groups is 1. The van der Waals surface area contributed by atoms with Gasteiger partial charge in [-0.3, -0.25) is 0 Å². The van der Waals surface area contributed by atoms with Crippen LogP contribution in [0.3, 0.4) is 0 Å². The Morgan fingerprint density at radius 3 is 2.39 bits per heavy atom. The summed E-state index contributed by atoms with van der Waals surface area (Å²) in [4.78, 5) is 11.5. The number of benzene rings is 1. The van der Waals surface area contributed by atoms with Gasteiger partial charge < -0.3 is 19.7 Å². The number of methoxy groups -OCH3 is 2. The van der Waals surface area contributed by atoms with E-state index in [2.05, 4.69) is 4.74 Å². The lowest BCUT2D eigenvalue weighted by atomic mass is 9.84. The van der Waals surface area contributed by atoms with Crippen LogP contribution in [-0.2, 0) is 10.2 Å². The Hall–Kier alpha value is -1.75. The minimum absolute atomic E-state index is 0.0508. The Kier molecular flexibility index (Phi) is 4.19. The fourth-order valence-electron chi connectivity index (χ4n) is 1.63. The van der Waals surface area contributed by atoms with Crippen molar-refractivity contribution < 1.29 is 24.5 Å². The molecule has 0 saturated carbocycles. The van der Waals surface area contributed by atoms with Crippen LogP contribution in [0.5, 0.6) is 11.5 Å². The number of esters is 1. The lowest BCUT2D eigenvalue weighted by Gasteiger charge is -2.25. The summed E-state index contributed by atoms with van der Waals surface area (Å²) in [6.07, 6.45) is 0. The SMILES string of the molecule is COC(=O)c1cc(C(C)(C)CO)c(OC)cc1O. The molecule has 0 aliphatic heterocycles. The van der Waals surface area contributed by atoms with Gasteiger partial charge in [-0.15, -0.1) is 0 Å². The van der Waals surface area contributed by atoms with Crippen LogP contribution in [-0.4, -0.2) is 37.0 Å². The van der Waals surface area contributed by atoms with E-state index in [0.29, 0.717) is 11.3 Å². The maximum atomic E-state index is 11.5. The van der Waals surface area contributed by atoms with Gasteiger partial charge in [0.05, 0.1) is 20.8 Å². The lowest BCUT2D eigenvalue weighted by Crippen LogP contribution is -2.23. The minimum Gasteiger partial charge on any atom is -0.507 e. The van der Waals surface area contributed by atoms with E-state index in [0.717, 1.165) is 0 Å². The van der Waals surface area contributed by atoms with Crippen LogP contribution in [0.4, 0.5) is 0 Å². The molecule has 1 aromatic carbocycles. The molecule has 0 aliphatic rings.